The maximum absolute atomic E-state index is 12.4. The van der Waals surface area contributed by atoms with Gasteiger partial charge in [0.05, 0.1) is 22.6 Å². The monoisotopic (exact) mass is 396 g/mol. The molecule has 0 aliphatic carbocycles. The van der Waals surface area contributed by atoms with Crippen molar-refractivity contribution in [3.05, 3.63) is 65.1 Å². The first kappa shape index (κ1) is 19.8. The number of carbonyl (C=O) groups excluding carboxylic acids is 2. The van der Waals surface area contributed by atoms with Crippen molar-refractivity contribution in [1.29, 1.82) is 0 Å². The first-order chi connectivity index (χ1) is 13.4. The Bertz CT molecular complexity index is 1010. The quantitative estimate of drug-likeness (QED) is 0.592. The smallest absolute Gasteiger partial charge is 0.226 e. The molecule has 3 aromatic rings. The lowest BCUT2D eigenvalue weighted by atomic mass is 10.1. The summed E-state index contributed by atoms with van der Waals surface area (Å²) in [6.07, 6.45) is 5.77. The van der Waals surface area contributed by atoms with E-state index in [1.807, 2.05) is 26.2 Å². The number of Topliss-reactive ketones (excluding diaryl/α,β-unsaturated/α-hetero) is 1. The summed E-state index contributed by atoms with van der Waals surface area (Å²) >= 11 is 6.37. The van der Waals surface area contributed by atoms with E-state index < -0.39 is 0 Å². The van der Waals surface area contributed by atoms with Crippen molar-refractivity contribution in [2.24, 2.45) is 7.05 Å². The molecule has 0 bridgehead atoms. The number of halogens is 1. The van der Waals surface area contributed by atoms with E-state index in [0.29, 0.717) is 28.4 Å². The highest BCUT2D eigenvalue weighted by Gasteiger charge is 2.14. The van der Waals surface area contributed by atoms with Crippen LogP contribution in [-0.2, 0) is 18.3 Å². The molecule has 0 unspecified atom stereocenters. The van der Waals surface area contributed by atoms with Crippen molar-refractivity contribution in [2.75, 3.05) is 11.9 Å². The second kappa shape index (κ2) is 8.35. The van der Waals surface area contributed by atoms with Gasteiger partial charge in [0.1, 0.15) is 0 Å². The zero-order chi connectivity index (χ0) is 20.3. The van der Waals surface area contributed by atoms with Crippen LogP contribution in [0, 0.1) is 0 Å². The van der Waals surface area contributed by atoms with E-state index in [2.05, 4.69) is 10.1 Å². The molecule has 6 nitrogen and oxygen atoms in total. The molecule has 0 atom stereocenters. The molecule has 0 spiro atoms. The number of ketones is 1. The number of pyridine rings is 1. The highest BCUT2D eigenvalue weighted by molar-refractivity contribution is 6.34. The predicted octanol–water partition coefficient (Wildman–Crippen LogP) is 3.93. The van der Waals surface area contributed by atoms with Gasteiger partial charge >= 0.3 is 0 Å². The molecule has 0 aliphatic rings. The maximum Gasteiger partial charge on any atom is 0.226 e. The van der Waals surface area contributed by atoms with Crippen LogP contribution in [0.15, 0.2) is 48.9 Å². The number of hydrogen-bond donors (Lipinski definition) is 0. The van der Waals surface area contributed by atoms with E-state index in [1.165, 1.54) is 0 Å². The largest absolute Gasteiger partial charge is 0.314 e. The average molecular weight is 397 g/mol. The van der Waals surface area contributed by atoms with Crippen molar-refractivity contribution < 1.29 is 9.59 Å². The number of hydrogen-bond acceptors (Lipinski definition) is 4. The lowest BCUT2D eigenvalue weighted by molar-refractivity contribution is -0.118. The minimum absolute atomic E-state index is 0.00995. The average Bonchev–Trinajstić information content (AvgIpc) is 3.11. The number of amides is 1. The summed E-state index contributed by atoms with van der Waals surface area (Å²) in [6.45, 7) is 1.81. The van der Waals surface area contributed by atoms with Gasteiger partial charge in [0.15, 0.2) is 5.78 Å². The van der Waals surface area contributed by atoms with Crippen molar-refractivity contribution in [3.63, 3.8) is 0 Å². The second-order valence-corrected chi connectivity index (χ2v) is 6.93. The van der Waals surface area contributed by atoms with E-state index in [-0.39, 0.29) is 18.1 Å². The number of aromatic nitrogens is 3. The fourth-order valence-corrected chi connectivity index (χ4v) is 3.20. The summed E-state index contributed by atoms with van der Waals surface area (Å²) in [4.78, 5) is 30.2. The number of anilines is 1. The van der Waals surface area contributed by atoms with Crippen LogP contribution in [0.2, 0.25) is 5.02 Å². The van der Waals surface area contributed by atoms with Gasteiger partial charge in [-0.3, -0.25) is 19.3 Å². The van der Waals surface area contributed by atoms with Crippen LogP contribution >= 0.6 is 11.6 Å². The Labute approximate surface area is 168 Å². The first-order valence-electron chi connectivity index (χ1n) is 8.92. The van der Waals surface area contributed by atoms with Crippen molar-refractivity contribution in [2.45, 2.75) is 19.8 Å². The van der Waals surface area contributed by atoms with E-state index in [1.54, 1.807) is 53.3 Å². The van der Waals surface area contributed by atoms with E-state index >= 15 is 0 Å². The topological polar surface area (TPSA) is 68.1 Å². The van der Waals surface area contributed by atoms with Gasteiger partial charge in [-0.15, -0.1) is 0 Å². The van der Waals surface area contributed by atoms with Crippen LogP contribution < -0.4 is 4.90 Å². The molecular formula is C21H21ClN4O2. The van der Waals surface area contributed by atoms with Gasteiger partial charge in [-0.1, -0.05) is 24.6 Å². The van der Waals surface area contributed by atoms with Gasteiger partial charge in [-0.05, 0) is 29.8 Å². The lowest BCUT2D eigenvalue weighted by Crippen LogP contribution is -2.25. The fourth-order valence-electron chi connectivity index (χ4n) is 2.89. The van der Waals surface area contributed by atoms with E-state index in [9.17, 15) is 9.59 Å². The normalized spacial score (nSPS) is 10.7. The summed E-state index contributed by atoms with van der Waals surface area (Å²) < 4.78 is 1.67. The van der Waals surface area contributed by atoms with Crippen LogP contribution in [0.3, 0.4) is 0 Å². The van der Waals surface area contributed by atoms with Crippen LogP contribution in [0.25, 0.3) is 11.3 Å². The molecule has 0 aliphatic heterocycles. The van der Waals surface area contributed by atoms with Crippen molar-refractivity contribution in [1.82, 2.24) is 14.8 Å². The number of benzene rings is 1. The second-order valence-electron chi connectivity index (χ2n) is 6.53. The molecule has 2 aromatic heterocycles. The summed E-state index contributed by atoms with van der Waals surface area (Å²) in [5.41, 5.74) is 3.59. The summed E-state index contributed by atoms with van der Waals surface area (Å²) in [7, 11) is 3.52. The molecule has 144 valence electrons. The van der Waals surface area contributed by atoms with Crippen molar-refractivity contribution >= 4 is 29.0 Å². The molecular weight excluding hydrogens is 376 g/mol. The molecule has 2 heterocycles. The Morgan fingerprint density at radius 3 is 2.54 bits per heavy atom. The van der Waals surface area contributed by atoms with Gasteiger partial charge in [-0.2, -0.15) is 5.10 Å². The Morgan fingerprint density at radius 1 is 1.18 bits per heavy atom. The third-order valence-electron chi connectivity index (χ3n) is 4.49. The standard InChI is InChI=1S/C21H21ClN4O2/c1-4-21(28)26(3)19-8-6-15(10-17(19)22)18-7-5-16(12-23-18)20(27)9-14-11-24-25(2)13-14/h5-8,10-13H,4,9H2,1-3H3. The van der Waals surface area contributed by atoms with Gasteiger partial charge < -0.3 is 4.90 Å². The zero-order valence-corrected chi connectivity index (χ0v) is 16.8. The molecule has 0 saturated carbocycles. The minimum atomic E-state index is -0.0138. The molecule has 0 fully saturated rings. The summed E-state index contributed by atoms with van der Waals surface area (Å²) in [5.74, 6) is -0.0237. The maximum atomic E-state index is 12.4. The first-order valence-corrected chi connectivity index (χ1v) is 9.30. The number of nitrogens with zero attached hydrogens (tertiary/aromatic N) is 4. The molecule has 1 aromatic carbocycles. The van der Waals surface area contributed by atoms with E-state index in [0.717, 1.165) is 11.1 Å². The van der Waals surface area contributed by atoms with Crippen molar-refractivity contribution in [3.8, 4) is 11.3 Å². The van der Waals surface area contributed by atoms with Gasteiger partial charge in [0, 0.05) is 50.5 Å². The minimum Gasteiger partial charge on any atom is -0.314 e. The number of aryl methyl sites for hydroxylation is 1. The molecule has 7 heteroatoms. The Kier molecular flexibility index (Phi) is 5.90. The van der Waals surface area contributed by atoms with Crippen LogP contribution in [-0.4, -0.2) is 33.5 Å². The fraction of sp³-hybridized carbons (Fsp3) is 0.238. The molecule has 0 saturated heterocycles. The number of rotatable bonds is 6. The predicted molar refractivity (Wildman–Crippen MR) is 110 cm³/mol. The van der Waals surface area contributed by atoms with Gasteiger partial charge in [0.2, 0.25) is 5.91 Å². The third kappa shape index (κ3) is 4.28. The highest BCUT2D eigenvalue weighted by Crippen LogP contribution is 2.30. The summed E-state index contributed by atoms with van der Waals surface area (Å²) in [6, 6.07) is 8.99. The number of carbonyl (C=O) groups is 2. The summed E-state index contributed by atoms with van der Waals surface area (Å²) in [5, 5.41) is 4.55. The molecule has 1 amide bonds. The zero-order valence-electron chi connectivity index (χ0n) is 16.0. The van der Waals surface area contributed by atoms with Gasteiger partial charge in [-0.25, -0.2) is 0 Å². The van der Waals surface area contributed by atoms with E-state index in [4.69, 9.17) is 11.6 Å². The molecule has 3 rings (SSSR count). The van der Waals surface area contributed by atoms with Crippen LogP contribution in [0.4, 0.5) is 5.69 Å². The van der Waals surface area contributed by atoms with Gasteiger partial charge in [0.25, 0.3) is 0 Å². The lowest BCUT2D eigenvalue weighted by Gasteiger charge is -2.18. The SMILES string of the molecule is CCC(=O)N(C)c1ccc(-c2ccc(C(=O)Cc3cnn(C)c3)cn2)cc1Cl. The third-order valence-corrected chi connectivity index (χ3v) is 4.79. The molecule has 0 radical (unpaired) electrons. The Morgan fingerprint density at radius 2 is 1.96 bits per heavy atom. The van der Waals surface area contributed by atoms with Crippen LogP contribution in [0.5, 0.6) is 0 Å². The Balaban J connectivity index is 1.77. The van der Waals surface area contributed by atoms with Crippen LogP contribution in [0.1, 0.15) is 29.3 Å². The Hall–Kier alpha value is -2.99. The highest BCUT2D eigenvalue weighted by atomic mass is 35.5. The molecule has 0 N–H and O–H groups in total. The molecule has 28 heavy (non-hydrogen) atoms.